The Balaban J connectivity index is 0. The molecular weight excluding hydrogens is 354 g/mol. The zero-order valence-corrected chi connectivity index (χ0v) is 16.9. The fourth-order valence-corrected chi connectivity index (χ4v) is 3.08. The van der Waals surface area contributed by atoms with Crippen molar-refractivity contribution < 1.29 is 30.5 Å². The van der Waals surface area contributed by atoms with E-state index in [2.05, 4.69) is 11.4 Å². The Morgan fingerprint density at radius 1 is 0.652 bits per heavy atom. The number of hydrogen-bond donors (Lipinski definition) is 1. The summed E-state index contributed by atoms with van der Waals surface area (Å²) in [5, 5.41) is 0. The van der Waals surface area contributed by atoms with Crippen LogP contribution in [0, 0.1) is 0 Å². The molecule has 0 saturated carbocycles. The van der Waals surface area contributed by atoms with Crippen LogP contribution in [0.1, 0.15) is 110 Å². The molecule has 0 bridgehead atoms. The average molecular weight is 392 g/mol. The van der Waals surface area contributed by atoms with Crippen LogP contribution in [0.5, 0.6) is 0 Å². The zero-order valence-electron chi connectivity index (χ0n) is 15.0. The van der Waals surface area contributed by atoms with Crippen LogP contribution in [-0.4, -0.2) is 11.5 Å². The van der Waals surface area contributed by atoms with Crippen molar-refractivity contribution in [2.45, 2.75) is 110 Å². The molecule has 0 heterocycles. The number of unbranched alkanes of at least 4 members (excludes halogenated alkanes) is 15. The molecule has 0 saturated heterocycles. The monoisotopic (exact) mass is 391 g/mol. The number of hydrogen-bond acceptors (Lipinski definition) is 2. The van der Waals surface area contributed by atoms with Crippen molar-refractivity contribution in [2.24, 2.45) is 0 Å². The van der Waals surface area contributed by atoms with E-state index in [9.17, 15) is 4.57 Å². The third-order valence-electron chi connectivity index (χ3n) is 4.20. The fourth-order valence-electron chi connectivity index (χ4n) is 2.79. The third kappa shape index (κ3) is 24.9. The van der Waals surface area contributed by atoms with Crippen molar-refractivity contribution >= 4 is 8.25 Å². The maximum Gasteiger partial charge on any atom is 0.694 e. The van der Waals surface area contributed by atoms with Crippen molar-refractivity contribution in [3.05, 3.63) is 0 Å². The standard InChI is InChI=1S/C18H37O3P.Ni/c1-2-3-4-5-6-7-8-9-10-11-12-13-14-15-16-17-18-21-22(19)20;/h2-18H2,1H3;/p+1. The molecule has 23 heavy (non-hydrogen) atoms. The van der Waals surface area contributed by atoms with Crippen LogP contribution >= 0.6 is 8.25 Å². The van der Waals surface area contributed by atoms with Gasteiger partial charge in [0.2, 0.25) is 0 Å². The normalized spacial score (nSPS) is 11.3. The molecule has 0 aromatic rings. The minimum absolute atomic E-state index is 0. The van der Waals surface area contributed by atoms with Gasteiger partial charge in [0.1, 0.15) is 6.61 Å². The van der Waals surface area contributed by atoms with Crippen molar-refractivity contribution in [3.8, 4) is 0 Å². The van der Waals surface area contributed by atoms with E-state index < -0.39 is 8.25 Å². The quantitative estimate of drug-likeness (QED) is 0.157. The van der Waals surface area contributed by atoms with Crippen LogP contribution in [0.15, 0.2) is 0 Å². The minimum atomic E-state index is -2.39. The minimum Gasteiger partial charge on any atom is -0.133 e. The molecule has 0 aromatic carbocycles. The van der Waals surface area contributed by atoms with Crippen molar-refractivity contribution in [1.82, 2.24) is 0 Å². The fraction of sp³-hybridized carbons (Fsp3) is 1.00. The van der Waals surface area contributed by atoms with E-state index >= 15 is 0 Å². The van der Waals surface area contributed by atoms with Gasteiger partial charge in [0.25, 0.3) is 0 Å². The Kier molecular flexibility index (Phi) is 25.2. The summed E-state index contributed by atoms with van der Waals surface area (Å²) in [4.78, 5) is 8.46. The Bertz CT molecular complexity index is 240. The van der Waals surface area contributed by atoms with Crippen LogP contribution in [0.3, 0.4) is 0 Å². The SMILES string of the molecule is CCCCCCCCCCCCCCCCCCO[P+](=O)O.[Ni]. The van der Waals surface area contributed by atoms with Gasteiger partial charge in [-0.05, 0) is 6.42 Å². The van der Waals surface area contributed by atoms with Gasteiger partial charge >= 0.3 is 8.25 Å². The summed E-state index contributed by atoms with van der Waals surface area (Å²) in [6.45, 7) is 2.69. The molecule has 3 nitrogen and oxygen atoms in total. The van der Waals surface area contributed by atoms with Crippen molar-refractivity contribution in [3.63, 3.8) is 0 Å². The maximum absolute atomic E-state index is 10.3. The largest absolute Gasteiger partial charge is 0.694 e. The predicted molar refractivity (Wildman–Crippen MR) is 95.3 cm³/mol. The van der Waals surface area contributed by atoms with Gasteiger partial charge < -0.3 is 0 Å². The molecule has 5 heteroatoms. The molecule has 1 N–H and O–H groups in total. The van der Waals surface area contributed by atoms with E-state index in [0.29, 0.717) is 6.61 Å². The second-order valence-corrected chi connectivity index (χ2v) is 7.11. The Morgan fingerprint density at radius 2 is 0.957 bits per heavy atom. The maximum atomic E-state index is 10.3. The van der Waals surface area contributed by atoms with E-state index in [-0.39, 0.29) is 16.5 Å². The summed E-state index contributed by atoms with van der Waals surface area (Å²) >= 11 is 0. The molecule has 0 radical (unpaired) electrons. The molecule has 0 fully saturated rings. The van der Waals surface area contributed by atoms with Crippen molar-refractivity contribution in [1.29, 1.82) is 0 Å². The molecule has 0 aliphatic heterocycles. The van der Waals surface area contributed by atoms with Gasteiger partial charge in [-0.3, -0.25) is 0 Å². The van der Waals surface area contributed by atoms with E-state index in [1.165, 1.54) is 89.9 Å². The molecule has 0 rings (SSSR count). The first-order valence-electron chi connectivity index (χ1n) is 9.56. The van der Waals surface area contributed by atoms with Crippen LogP contribution in [0.2, 0.25) is 0 Å². The molecule has 1 unspecified atom stereocenters. The molecule has 0 aromatic heterocycles. The van der Waals surface area contributed by atoms with E-state index in [4.69, 9.17) is 4.89 Å². The average Bonchev–Trinajstić information content (AvgIpc) is 2.50. The van der Waals surface area contributed by atoms with Crippen LogP contribution in [0.25, 0.3) is 0 Å². The van der Waals surface area contributed by atoms with Gasteiger partial charge in [-0.15, -0.1) is 9.42 Å². The molecule has 0 spiro atoms. The first kappa shape index (κ1) is 25.8. The first-order valence-corrected chi connectivity index (χ1v) is 10.7. The van der Waals surface area contributed by atoms with Gasteiger partial charge in [-0.1, -0.05) is 103 Å². The van der Waals surface area contributed by atoms with Crippen LogP contribution in [0.4, 0.5) is 0 Å². The predicted octanol–water partition coefficient (Wildman–Crippen LogP) is 6.91. The second-order valence-electron chi connectivity index (χ2n) is 6.37. The van der Waals surface area contributed by atoms with E-state index in [0.717, 1.165) is 12.8 Å². The smallest absolute Gasteiger partial charge is 0.133 e. The zero-order chi connectivity index (χ0) is 16.3. The van der Waals surface area contributed by atoms with E-state index in [1.807, 2.05) is 0 Å². The topological polar surface area (TPSA) is 46.5 Å². The summed E-state index contributed by atoms with van der Waals surface area (Å²) in [6.07, 6.45) is 21.4. The Labute approximate surface area is 155 Å². The van der Waals surface area contributed by atoms with Gasteiger partial charge in [0.15, 0.2) is 0 Å². The molecule has 142 valence electrons. The summed E-state index contributed by atoms with van der Waals surface area (Å²) in [6, 6.07) is 0. The van der Waals surface area contributed by atoms with Crippen molar-refractivity contribution in [2.75, 3.05) is 6.61 Å². The Hall–Kier alpha value is 0.514. The molecule has 0 aliphatic rings. The summed E-state index contributed by atoms with van der Waals surface area (Å²) in [5.41, 5.74) is 0. The molecule has 1 atom stereocenters. The molecule has 0 amide bonds. The van der Waals surface area contributed by atoms with Crippen LogP contribution < -0.4 is 0 Å². The van der Waals surface area contributed by atoms with Gasteiger partial charge in [-0.2, -0.15) is 0 Å². The summed E-state index contributed by atoms with van der Waals surface area (Å²) in [7, 11) is -2.39. The number of rotatable bonds is 18. The van der Waals surface area contributed by atoms with Crippen LogP contribution in [-0.2, 0) is 25.6 Å². The van der Waals surface area contributed by atoms with Gasteiger partial charge in [0.05, 0.1) is 0 Å². The molecule has 0 aliphatic carbocycles. The van der Waals surface area contributed by atoms with Gasteiger partial charge in [-0.25, -0.2) is 0 Å². The second kappa shape index (κ2) is 22.5. The van der Waals surface area contributed by atoms with E-state index in [1.54, 1.807) is 0 Å². The summed E-state index contributed by atoms with van der Waals surface area (Å²) in [5.74, 6) is 0. The molecular formula is C18H38NiO3P+. The third-order valence-corrected chi connectivity index (χ3v) is 4.60. The Morgan fingerprint density at radius 3 is 1.26 bits per heavy atom. The summed E-state index contributed by atoms with van der Waals surface area (Å²) < 4.78 is 14.9. The van der Waals surface area contributed by atoms with Gasteiger partial charge in [0, 0.05) is 21.1 Å². The first-order chi connectivity index (χ1) is 10.8.